The van der Waals surface area contributed by atoms with Gasteiger partial charge < -0.3 is 20.5 Å². The number of nitrogens with two attached hydrogens (primary N) is 1. The summed E-state index contributed by atoms with van der Waals surface area (Å²) in [6.07, 6.45) is 6.83. The molecule has 1 aromatic carbocycles. The highest BCUT2D eigenvalue weighted by atomic mass is 16.5. The molecule has 5 heteroatoms. The number of nitrogens with one attached hydrogen (secondary N) is 1. The average Bonchev–Trinajstić information content (AvgIpc) is 2.60. The van der Waals surface area contributed by atoms with Crippen molar-refractivity contribution in [3.8, 4) is 11.5 Å². The lowest BCUT2D eigenvalue weighted by molar-refractivity contribution is 0.0940. The molecule has 23 heavy (non-hydrogen) atoms. The molecule has 5 nitrogen and oxygen atoms in total. The van der Waals surface area contributed by atoms with Gasteiger partial charge in [-0.2, -0.15) is 0 Å². The van der Waals surface area contributed by atoms with Crippen LogP contribution in [-0.4, -0.2) is 32.2 Å². The minimum Gasteiger partial charge on any atom is -0.497 e. The molecule has 0 radical (unpaired) electrons. The van der Waals surface area contributed by atoms with Gasteiger partial charge in [-0.3, -0.25) is 4.79 Å². The second kappa shape index (κ2) is 8.58. The first-order valence-electron chi connectivity index (χ1n) is 8.16. The van der Waals surface area contributed by atoms with Crippen LogP contribution in [0.1, 0.15) is 43.0 Å². The maximum atomic E-state index is 12.6. The van der Waals surface area contributed by atoms with Gasteiger partial charge in [0.1, 0.15) is 18.1 Å². The Bertz CT molecular complexity index is 569. The average molecular weight is 318 g/mol. The number of amides is 1. The molecule has 1 aromatic rings. The van der Waals surface area contributed by atoms with Crippen molar-refractivity contribution in [1.29, 1.82) is 0 Å². The smallest absolute Gasteiger partial charge is 0.255 e. The van der Waals surface area contributed by atoms with E-state index in [1.54, 1.807) is 25.3 Å². The second-order valence-electron chi connectivity index (χ2n) is 5.72. The van der Waals surface area contributed by atoms with Crippen LogP contribution in [0, 0.1) is 0 Å². The molecule has 0 heterocycles. The van der Waals surface area contributed by atoms with Crippen LogP contribution in [0.4, 0.5) is 0 Å². The molecule has 0 fully saturated rings. The quantitative estimate of drug-likeness (QED) is 0.758. The Balaban J connectivity index is 2.12. The minimum absolute atomic E-state index is 0.0345. The summed E-state index contributed by atoms with van der Waals surface area (Å²) in [7, 11) is 1.58. The first-order valence-corrected chi connectivity index (χ1v) is 8.16. The Morgan fingerprint density at radius 3 is 2.87 bits per heavy atom. The maximum Gasteiger partial charge on any atom is 0.255 e. The monoisotopic (exact) mass is 318 g/mol. The minimum atomic E-state index is -0.140. The molecular formula is C18H26N2O3. The normalized spacial score (nSPS) is 15.5. The summed E-state index contributed by atoms with van der Waals surface area (Å²) in [6.45, 7) is 2.77. The van der Waals surface area contributed by atoms with Gasteiger partial charge in [-0.05, 0) is 44.7 Å². The molecule has 2 rings (SSSR count). The van der Waals surface area contributed by atoms with E-state index in [1.165, 1.54) is 18.4 Å². The molecule has 1 amide bonds. The molecule has 1 atom stereocenters. The van der Waals surface area contributed by atoms with Crippen LogP contribution in [-0.2, 0) is 0 Å². The van der Waals surface area contributed by atoms with E-state index < -0.39 is 0 Å². The number of hydrogen-bond acceptors (Lipinski definition) is 4. The summed E-state index contributed by atoms with van der Waals surface area (Å²) in [4.78, 5) is 12.6. The van der Waals surface area contributed by atoms with Crippen molar-refractivity contribution in [1.82, 2.24) is 5.32 Å². The van der Waals surface area contributed by atoms with Crippen LogP contribution in [0.15, 0.2) is 29.8 Å². The van der Waals surface area contributed by atoms with Crippen molar-refractivity contribution >= 4 is 5.91 Å². The molecule has 0 bridgehead atoms. The Morgan fingerprint density at radius 2 is 2.22 bits per heavy atom. The highest BCUT2D eigenvalue weighted by Gasteiger charge is 2.18. The Hall–Kier alpha value is -2.01. The number of carbonyl (C=O) groups excluding carboxylic acids is 1. The lowest BCUT2D eigenvalue weighted by Gasteiger charge is -2.21. The number of ether oxygens (including phenoxy) is 2. The number of methoxy groups -OCH3 is 1. The van der Waals surface area contributed by atoms with Crippen molar-refractivity contribution in [2.45, 2.75) is 38.6 Å². The molecule has 3 N–H and O–H groups in total. The molecule has 0 saturated heterocycles. The first-order chi connectivity index (χ1) is 11.2. The molecule has 0 aliphatic heterocycles. The predicted octanol–water partition coefficient (Wildman–Crippen LogP) is 2.65. The number of allylic oxidation sites excluding steroid dienone is 1. The van der Waals surface area contributed by atoms with Crippen molar-refractivity contribution in [3.05, 3.63) is 35.4 Å². The predicted molar refractivity (Wildman–Crippen MR) is 91.0 cm³/mol. The molecule has 1 unspecified atom stereocenters. The fourth-order valence-corrected chi connectivity index (χ4v) is 2.73. The Labute approximate surface area is 137 Å². The van der Waals surface area contributed by atoms with E-state index in [9.17, 15) is 4.79 Å². The van der Waals surface area contributed by atoms with E-state index in [2.05, 4.69) is 11.4 Å². The molecular weight excluding hydrogens is 292 g/mol. The number of benzene rings is 1. The largest absolute Gasteiger partial charge is 0.497 e. The fourth-order valence-electron chi connectivity index (χ4n) is 2.73. The van der Waals surface area contributed by atoms with Crippen LogP contribution in [0.25, 0.3) is 0 Å². The molecule has 126 valence electrons. The topological polar surface area (TPSA) is 73.6 Å². The molecule has 0 saturated carbocycles. The first kappa shape index (κ1) is 17.3. The van der Waals surface area contributed by atoms with Gasteiger partial charge in [0.05, 0.1) is 12.7 Å². The summed E-state index contributed by atoms with van der Waals surface area (Å²) in [5.41, 5.74) is 7.30. The van der Waals surface area contributed by atoms with Crippen LogP contribution < -0.4 is 20.5 Å². The van der Waals surface area contributed by atoms with Crippen LogP contribution in [0.2, 0.25) is 0 Å². The zero-order chi connectivity index (χ0) is 16.7. The van der Waals surface area contributed by atoms with Crippen LogP contribution >= 0.6 is 0 Å². The van der Waals surface area contributed by atoms with E-state index in [0.717, 1.165) is 12.8 Å². The lowest BCUT2D eigenvalue weighted by Crippen LogP contribution is -2.34. The summed E-state index contributed by atoms with van der Waals surface area (Å²) in [6, 6.07) is 5.23. The molecule has 1 aliphatic carbocycles. The summed E-state index contributed by atoms with van der Waals surface area (Å²) in [5.74, 6) is 1.01. The van der Waals surface area contributed by atoms with Gasteiger partial charge in [-0.1, -0.05) is 11.6 Å². The van der Waals surface area contributed by atoms with Crippen molar-refractivity contribution in [3.63, 3.8) is 0 Å². The van der Waals surface area contributed by atoms with Gasteiger partial charge in [0.2, 0.25) is 0 Å². The van der Waals surface area contributed by atoms with E-state index in [0.29, 0.717) is 30.2 Å². The number of hydrogen-bond donors (Lipinski definition) is 2. The van der Waals surface area contributed by atoms with Gasteiger partial charge in [0.25, 0.3) is 5.91 Å². The third-order valence-electron chi connectivity index (χ3n) is 4.04. The lowest BCUT2D eigenvalue weighted by atomic mass is 9.94. The fraction of sp³-hybridized carbons (Fsp3) is 0.500. The maximum absolute atomic E-state index is 12.6. The molecule has 0 aromatic heterocycles. The Morgan fingerprint density at radius 1 is 1.39 bits per heavy atom. The highest BCUT2D eigenvalue weighted by molar-refractivity contribution is 5.97. The van der Waals surface area contributed by atoms with E-state index in [4.69, 9.17) is 15.2 Å². The SMILES string of the molecule is COc1ccc(C(=O)NC(C)C2=CCCCC2)c(OCCN)c1. The standard InChI is InChI=1S/C18H26N2O3/c1-13(14-6-4-3-5-7-14)20-18(21)16-9-8-15(22-2)12-17(16)23-11-10-19/h6,8-9,12-13H,3-5,7,10-11,19H2,1-2H3,(H,20,21). The van der Waals surface area contributed by atoms with Gasteiger partial charge >= 0.3 is 0 Å². The zero-order valence-electron chi connectivity index (χ0n) is 13.9. The molecule has 0 spiro atoms. The number of rotatable bonds is 7. The van der Waals surface area contributed by atoms with E-state index in [1.807, 2.05) is 6.92 Å². The number of carbonyl (C=O) groups is 1. The highest BCUT2D eigenvalue weighted by Crippen LogP contribution is 2.26. The third kappa shape index (κ3) is 4.73. The summed E-state index contributed by atoms with van der Waals surface area (Å²) >= 11 is 0. The summed E-state index contributed by atoms with van der Waals surface area (Å²) < 4.78 is 10.8. The van der Waals surface area contributed by atoms with Gasteiger partial charge in [-0.25, -0.2) is 0 Å². The summed E-state index contributed by atoms with van der Waals surface area (Å²) in [5, 5.41) is 3.06. The Kier molecular flexibility index (Phi) is 6.47. The van der Waals surface area contributed by atoms with Gasteiger partial charge in [0, 0.05) is 18.7 Å². The molecule has 1 aliphatic rings. The van der Waals surface area contributed by atoms with Crippen LogP contribution in [0.5, 0.6) is 11.5 Å². The second-order valence-corrected chi connectivity index (χ2v) is 5.72. The van der Waals surface area contributed by atoms with E-state index in [-0.39, 0.29) is 11.9 Å². The van der Waals surface area contributed by atoms with Crippen LogP contribution in [0.3, 0.4) is 0 Å². The van der Waals surface area contributed by atoms with E-state index >= 15 is 0 Å². The van der Waals surface area contributed by atoms with Gasteiger partial charge in [-0.15, -0.1) is 0 Å². The zero-order valence-corrected chi connectivity index (χ0v) is 13.9. The van der Waals surface area contributed by atoms with Crippen molar-refractivity contribution < 1.29 is 14.3 Å². The van der Waals surface area contributed by atoms with Crippen molar-refractivity contribution in [2.75, 3.05) is 20.3 Å². The van der Waals surface area contributed by atoms with Gasteiger partial charge in [0.15, 0.2) is 0 Å². The third-order valence-corrected chi connectivity index (χ3v) is 4.04. The van der Waals surface area contributed by atoms with Crippen molar-refractivity contribution in [2.24, 2.45) is 5.73 Å².